The van der Waals surface area contributed by atoms with Gasteiger partial charge in [-0.15, -0.1) is 0 Å². The third-order valence-corrected chi connectivity index (χ3v) is 0.992. The maximum Gasteiger partial charge on any atom is 0.193 e. The molecular weight excluding hydrogens is 207 g/mol. The monoisotopic (exact) mass is 224 g/mol. The predicted octanol–water partition coefficient (Wildman–Crippen LogP) is -1.83. The quantitative estimate of drug-likeness (QED) is 0.214. The van der Waals surface area contributed by atoms with Gasteiger partial charge in [-0.1, -0.05) is 13.2 Å². The van der Waals surface area contributed by atoms with E-state index < -0.39 is 20.4 Å². The molecule has 0 heterocycles. The van der Waals surface area contributed by atoms with E-state index in [9.17, 15) is 0 Å². The normalized spacial score (nSPS) is 12.1. The summed E-state index contributed by atoms with van der Waals surface area (Å²) < 4.78 is 13.4. The zero-order valence-corrected chi connectivity index (χ0v) is 8.87. The van der Waals surface area contributed by atoms with Crippen molar-refractivity contribution in [2.45, 2.75) is 11.7 Å². The Hall–Kier alpha value is -0.530. The van der Waals surface area contributed by atoms with E-state index in [1.165, 1.54) is 12.2 Å². The Morgan fingerprint density at radius 2 is 1.36 bits per heavy atom. The van der Waals surface area contributed by atoms with E-state index >= 15 is 0 Å². The molecule has 0 aromatic carbocycles. The van der Waals surface area contributed by atoms with Crippen LogP contribution in [0.25, 0.3) is 0 Å². The van der Waals surface area contributed by atoms with Crippen LogP contribution in [0.2, 0.25) is 0 Å². The van der Waals surface area contributed by atoms with Crippen molar-refractivity contribution in [2.24, 2.45) is 22.9 Å². The van der Waals surface area contributed by atoms with Crippen LogP contribution in [-0.4, -0.2) is 16.6 Å². The Labute approximate surface area is 83.7 Å². The molecule has 0 fully saturated rings. The van der Waals surface area contributed by atoms with E-state index in [4.69, 9.17) is 37.1 Å². The lowest BCUT2D eigenvalue weighted by atomic mass is 10.4. The number of ether oxygens (including phenoxy) is 1. The highest BCUT2D eigenvalue weighted by atomic mass is 31.1. The van der Waals surface area contributed by atoms with E-state index in [0.29, 0.717) is 0 Å². The first-order valence-corrected chi connectivity index (χ1v) is 4.44. The van der Waals surface area contributed by atoms with Gasteiger partial charge in [0.1, 0.15) is 0 Å². The molecule has 0 amide bonds. The molecule has 9 N–H and O–H groups in total. The Kier molecular flexibility index (Phi) is 7.80. The van der Waals surface area contributed by atoms with Gasteiger partial charge in [-0.3, -0.25) is 27.5 Å². The van der Waals surface area contributed by atoms with Gasteiger partial charge in [0.2, 0.25) is 0 Å². The molecule has 0 aliphatic rings. The third-order valence-electron chi connectivity index (χ3n) is 0.992. The Morgan fingerprint density at radius 1 is 1.14 bits per heavy atom. The van der Waals surface area contributed by atoms with Crippen LogP contribution in [0.5, 0.6) is 0 Å². The summed E-state index contributed by atoms with van der Waals surface area (Å²) in [5.41, 5.74) is 21.2. The lowest BCUT2D eigenvalue weighted by Crippen LogP contribution is -2.62. The third kappa shape index (κ3) is 9.56. The average molecular weight is 224 g/mol. The second-order valence-corrected chi connectivity index (χ2v) is 2.53. The summed E-state index contributed by atoms with van der Waals surface area (Å²) in [6, 6.07) is 0. The predicted molar refractivity (Wildman–Crippen MR) is 56.3 cm³/mol. The van der Waals surface area contributed by atoms with Crippen molar-refractivity contribution in [1.29, 1.82) is 0 Å². The molecule has 0 bridgehead atoms. The fraction of sp³-hybridized carbons (Fsp3) is 0.333. The first-order valence-electron chi connectivity index (χ1n) is 3.45. The summed E-state index contributed by atoms with van der Waals surface area (Å²) in [5.74, 6) is -3.06. The van der Waals surface area contributed by atoms with Gasteiger partial charge in [-0.05, 0) is 12.2 Å². The van der Waals surface area contributed by atoms with Crippen molar-refractivity contribution in [3.63, 3.8) is 0 Å². The van der Waals surface area contributed by atoms with Crippen LogP contribution in [0, 0.1) is 0 Å². The zero-order chi connectivity index (χ0) is 11.8. The molecule has 0 radical (unpaired) electrons. The van der Waals surface area contributed by atoms with Gasteiger partial charge < -0.3 is 9.63 Å². The summed E-state index contributed by atoms with van der Waals surface area (Å²) in [6.07, 6.45) is 2.37. The van der Waals surface area contributed by atoms with E-state index in [2.05, 4.69) is 13.2 Å². The van der Waals surface area contributed by atoms with Gasteiger partial charge in [-0.25, -0.2) is 0 Å². The second kappa shape index (κ2) is 6.86. The van der Waals surface area contributed by atoms with E-state index in [0.717, 1.165) is 0 Å². The molecule has 0 rings (SSSR count). The summed E-state index contributed by atoms with van der Waals surface area (Å²) in [6.45, 7) is 6.66. The van der Waals surface area contributed by atoms with Crippen LogP contribution in [0.1, 0.15) is 0 Å². The molecule has 7 nitrogen and oxygen atoms in total. The Balaban J connectivity index is 0. The average Bonchev–Trinajstić information content (AvgIpc) is 2.04. The first-order chi connectivity index (χ1) is 6.24. The van der Waals surface area contributed by atoms with Crippen molar-refractivity contribution in [3.05, 3.63) is 25.3 Å². The van der Waals surface area contributed by atoms with Crippen molar-refractivity contribution < 1.29 is 14.2 Å². The van der Waals surface area contributed by atoms with Crippen LogP contribution >= 0.6 is 8.69 Å². The van der Waals surface area contributed by atoms with Gasteiger partial charge >= 0.3 is 0 Å². The minimum atomic E-state index is -1.53. The minimum Gasteiger partial charge on any atom is -0.348 e. The largest absolute Gasteiger partial charge is 0.348 e. The number of hydrogen-bond acceptors (Lipinski definition) is 6. The summed E-state index contributed by atoms with van der Waals surface area (Å²) in [7, 11) is -1.50. The molecule has 0 spiro atoms. The molecule has 0 aliphatic carbocycles. The molecule has 14 heavy (non-hydrogen) atoms. The molecule has 0 aliphatic heterocycles. The second-order valence-electron chi connectivity index (χ2n) is 2.32. The van der Waals surface area contributed by atoms with Crippen LogP contribution in [0.15, 0.2) is 25.3 Å². The van der Waals surface area contributed by atoms with Gasteiger partial charge in [0.25, 0.3) is 0 Å². The molecule has 0 saturated heterocycles. The lowest BCUT2D eigenvalue weighted by molar-refractivity contribution is -0.0954. The van der Waals surface area contributed by atoms with Crippen LogP contribution in [-0.2, 0) is 9.30 Å². The number of hydrogen-bond donors (Lipinski definition) is 5. The van der Waals surface area contributed by atoms with E-state index in [1.54, 1.807) is 0 Å². The molecule has 0 saturated carbocycles. The topological polar surface area (TPSA) is 151 Å². The molecule has 0 aromatic rings. The number of nitrogens with two attached hydrogens (primary N) is 4. The van der Waals surface area contributed by atoms with Crippen molar-refractivity contribution in [1.82, 2.24) is 0 Å². The van der Waals surface area contributed by atoms with Crippen molar-refractivity contribution in [2.75, 3.05) is 0 Å². The standard InChI is InChI=1S/C6H14N4O.H3O2P/c1-3-5(7,8)11-6(9,10)4-2;1-3-2/h3-4H,1-2,7-10H2;3H2,(H,1,2). The van der Waals surface area contributed by atoms with Crippen LogP contribution < -0.4 is 22.9 Å². The van der Waals surface area contributed by atoms with Crippen molar-refractivity contribution in [3.8, 4) is 0 Å². The SMILES string of the molecule is C=CC(N)(N)OC(N)(N)C=C.O=[PH2]O. The van der Waals surface area contributed by atoms with Crippen LogP contribution in [0.4, 0.5) is 0 Å². The highest BCUT2D eigenvalue weighted by Gasteiger charge is 2.25. The smallest absolute Gasteiger partial charge is 0.193 e. The summed E-state index contributed by atoms with van der Waals surface area (Å²) >= 11 is 0. The van der Waals surface area contributed by atoms with E-state index in [1.807, 2.05) is 0 Å². The maximum absolute atomic E-state index is 8.57. The molecule has 1 unspecified atom stereocenters. The molecule has 8 heteroatoms. The molecule has 0 aromatic heterocycles. The van der Waals surface area contributed by atoms with Gasteiger partial charge in [0.15, 0.2) is 20.4 Å². The lowest BCUT2D eigenvalue weighted by Gasteiger charge is -2.30. The van der Waals surface area contributed by atoms with E-state index in [-0.39, 0.29) is 0 Å². The minimum absolute atomic E-state index is 1.19. The van der Waals surface area contributed by atoms with Gasteiger partial charge in [0.05, 0.1) is 0 Å². The van der Waals surface area contributed by atoms with Gasteiger partial charge in [0, 0.05) is 0 Å². The maximum atomic E-state index is 8.57. The summed E-state index contributed by atoms with van der Waals surface area (Å²) in [5, 5.41) is 0. The Morgan fingerprint density at radius 3 is 1.50 bits per heavy atom. The summed E-state index contributed by atoms with van der Waals surface area (Å²) in [4.78, 5) is 7.10. The molecule has 84 valence electrons. The first kappa shape index (κ1) is 15.9. The fourth-order valence-electron chi connectivity index (χ4n) is 0.390. The van der Waals surface area contributed by atoms with Crippen molar-refractivity contribution >= 4 is 8.69 Å². The molecular formula is C6H17N4O3P. The van der Waals surface area contributed by atoms with Crippen LogP contribution in [0.3, 0.4) is 0 Å². The zero-order valence-electron chi connectivity index (χ0n) is 7.72. The molecule has 1 atom stereocenters. The highest BCUT2D eigenvalue weighted by molar-refractivity contribution is 7.16. The number of rotatable bonds is 4. The highest BCUT2D eigenvalue weighted by Crippen LogP contribution is 2.03. The Bertz CT molecular complexity index is 189. The fourth-order valence-corrected chi connectivity index (χ4v) is 0.390. The van der Waals surface area contributed by atoms with Gasteiger partial charge in [-0.2, -0.15) is 0 Å².